The van der Waals surface area contributed by atoms with Crippen molar-refractivity contribution in [1.82, 2.24) is 9.97 Å². The molecule has 0 radical (unpaired) electrons. The highest BCUT2D eigenvalue weighted by atomic mass is 32.1. The van der Waals surface area contributed by atoms with E-state index in [0.717, 1.165) is 21.7 Å². The molecule has 3 rings (SSSR count). The molecule has 0 aliphatic rings. The number of benzene rings is 1. The van der Waals surface area contributed by atoms with Gasteiger partial charge < -0.3 is 10.2 Å². The van der Waals surface area contributed by atoms with Crippen LogP contribution in [0.4, 0.5) is 5.69 Å². The van der Waals surface area contributed by atoms with Crippen LogP contribution in [-0.4, -0.2) is 9.97 Å². The highest BCUT2D eigenvalue weighted by molar-refractivity contribution is 7.13. The summed E-state index contributed by atoms with van der Waals surface area (Å²) in [7, 11) is 0. The van der Waals surface area contributed by atoms with Crippen LogP contribution in [0.3, 0.4) is 0 Å². The SMILES string of the molecule is Cc1ncsc1-c1nc2cc(N)ccc2o1. The van der Waals surface area contributed by atoms with E-state index in [2.05, 4.69) is 9.97 Å². The molecule has 0 aliphatic carbocycles. The van der Waals surface area contributed by atoms with Gasteiger partial charge in [-0.1, -0.05) is 0 Å². The Hall–Kier alpha value is -1.88. The predicted molar refractivity (Wildman–Crippen MR) is 64.3 cm³/mol. The van der Waals surface area contributed by atoms with Crippen LogP contribution >= 0.6 is 11.3 Å². The number of hydrogen-bond acceptors (Lipinski definition) is 5. The lowest BCUT2D eigenvalue weighted by Crippen LogP contribution is -1.82. The largest absolute Gasteiger partial charge is 0.435 e. The van der Waals surface area contributed by atoms with Gasteiger partial charge in [-0.3, -0.25) is 0 Å². The van der Waals surface area contributed by atoms with Gasteiger partial charge in [-0.15, -0.1) is 11.3 Å². The number of aryl methyl sites for hydroxylation is 1. The predicted octanol–water partition coefficient (Wildman–Crippen LogP) is 2.84. The van der Waals surface area contributed by atoms with Gasteiger partial charge in [0.25, 0.3) is 0 Å². The Morgan fingerprint density at radius 3 is 3.00 bits per heavy atom. The maximum Gasteiger partial charge on any atom is 0.239 e. The molecule has 0 saturated heterocycles. The van der Waals surface area contributed by atoms with Crippen LogP contribution in [0.2, 0.25) is 0 Å². The number of nitrogens with zero attached hydrogens (tertiary/aromatic N) is 2. The zero-order valence-corrected chi connectivity index (χ0v) is 9.41. The molecule has 0 fully saturated rings. The molecule has 80 valence electrons. The molecule has 0 atom stereocenters. The van der Waals surface area contributed by atoms with Gasteiger partial charge in [-0.05, 0) is 25.1 Å². The number of hydrogen-bond donors (Lipinski definition) is 1. The molecule has 2 aromatic heterocycles. The second-order valence-electron chi connectivity index (χ2n) is 3.51. The Bertz CT molecular complexity index is 656. The van der Waals surface area contributed by atoms with Gasteiger partial charge in [0, 0.05) is 5.69 Å². The minimum Gasteiger partial charge on any atom is -0.435 e. The Kier molecular flexibility index (Phi) is 1.94. The molecule has 0 saturated carbocycles. The molecule has 0 spiro atoms. The summed E-state index contributed by atoms with van der Waals surface area (Å²) in [5.41, 5.74) is 10.6. The van der Waals surface area contributed by atoms with E-state index in [9.17, 15) is 0 Å². The fourth-order valence-electron chi connectivity index (χ4n) is 1.55. The molecular formula is C11H9N3OS. The van der Waals surface area contributed by atoms with Crippen molar-refractivity contribution in [3.05, 3.63) is 29.4 Å². The van der Waals surface area contributed by atoms with Crippen molar-refractivity contribution in [2.75, 3.05) is 5.73 Å². The molecule has 0 amide bonds. The Balaban J connectivity index is 2.23. The second-order valence-corrected chi connectivity index (χ2v) is 4.37. The van der Waals surface area contributed by atoms with Crippen molar-refractivity contribution in [3.63, 3.8) is 0 Å². The zero-order valence-electron chi connectivity index (χ0n) is 8.60. The average molecular weight is 231 g/mol. The highest BCUT2D eigenvalue weighted by Crippen LogP contribution is 2.29. The minimum absolute atomic E-state index is 0.612. The third kappa shape index (κ3) is 1.37. The molecule has 2 N–H and O–H groups in total. The fraction of sp³-hybridized carbons (Fsp3) is 0.0909. The molecule has 2 heterocycles. The van der Waals surface area contributed by atoms with Crippen LogP contribution in [0.5, 0.6) is 0 Å². The smallest absolute Gasteiger partial charge is 0.239 e. The summed E-state index contributed by atoms with van der Waals surface area (Å²) in [6.07, 6.45) is 0. The first kappa shape index (κ1) is 9.35. The van der Waals surface area contributed by atoms with E-state index in [0.29, 0.717) is 11.6 Å². The van der Waals surface area contributed by atoms with Gasteiger partial charge in [0.1, 0.15) is 10.4 Å². The molecule has 0 unspecified atom stereocenters. The Morgan fingerprint density at radius 1 is 1.38 bits per heavy atom. The van der Waals surface area contributed by atoms with Crippen LogP contribution in [-0.2, 0) is 0 Å². The summed E-state index contributed by atoms with van der Waals surface area (Å²) in [4.78, 5) is 9.54. The first-order chi connectivity index (χ1) is 7.74. The zero-order chi connectivity index (χ0) is 11.1. The van der Waals surface area contributed by atoms with Crippen LogP contribution in [0, 0.1) is 6.92 Å². The maximum atomic E-state index is 5.69. The number of nitrogens with two attached hydrogens (primary N) is 1. The Morgan fingerprint density at radius 2 is 2.25 bits per heavy atom. The van der Waals surface area contributed by atoms with Gasteiger partial charge in [0.2, 0.25) is 5.89 Å². The van der Waals surface area contributed by atoms with E-state index in [1.807, 2.05) is 13.0 Å². The lowest BCUT2D eigenvalue weighted by molar-refractivity contribution is 0.621. The van der Waals surface area contributed by atoms with Crippen LogP contribution < -0.4 is 5.73 Å². The van der Waals surface area contributed by atoms with Gasteiger partial charge in [0.05, 0.1) is 11.2 Å². The summed E-state index contributed by atoms with van der Waals surface area (Å²) in [5, 5.41) is 0. The van der Waals surface area contributed by atoms with Gasteiger partial charge in [0.15, 0.2) is 5.58 Å². The number of aromatic nitrogens is 2. The average Bonchev–Trinajstić information content (AvgIpc) is 2.82. The van der Waals surface area contributed by atoms with E-state index >= 15 is 0 Å². The highest BCUT2D eigenvalue weighted by Gasteiger charge is 2.12. The molecule has 16 heavy (non-hydrogen) atoms. The first-order valence-electron chi connectivity index (χ1n) is 4.80. The standard InChI is InChI=1S/C11H9N3OS/c1-6-10(16-5-13-6)11-14-8-4-7(12)2-3-9(8)15-11/h2-5H,12H2,1H3. The first-order valence-corrected chi connectivity index (χ1v) is 5.68. The third-order valence-electron chi connectivity index (χ3n) is 2.35. The summed E-state index contributed by atoms with van der Waals surface area (Å²) < 4.78 is 5.65. The number of fused-ring (bicyclic) bond motifs is 1. The number of rotatable bonds is 1. The summed E-state index contributed by atoms with van der Waals surface area (Å²) in [6.45, 7) is 1.94. The topological polar surface area (TPSA) is 64.9 Å². The molecule has 0 bridgehead atoms. The number of oxazole rings is 1. The quantitative estimate of drug-likeness (QED) is 0.654. The lowest BCUT2D eigenvalue weighted by atomic mass is 10.3. The molecule has 0 aliphatic heterocycles. The maximum absolute atomic E-state index is 5.69. The van der Waals surface area contributed by atoms with E-state index in [4.69, 9.17) is 10.2 Å². The lowest BCUT2D eigenvalue weighted by Gasteiger charge is -1.88. The van der Waals surface area contributed by atoms with Crippen molar-refractivity contribution in [2.45, 2.75) is 6.92 Å². The summed E-state index contributed by atoms with van der Waals surface area (Å²) in [6, 6.07) is 5.44. The second kappa shape index (κ2) is 3.31. The number of thiazole rings is 1. The molecule has 4 nitrogen and oxygen atoms in total. The number of anilines is 1. The van der Waals surface area contributed by atoms with Crippen molar-refractivity contribution < 1.29 is 4.42 Å². The van der Waals surface area contributed by atoms with E-state index in [-0.39, 0.29) is 0 Å². The van der Waals surface area contributed by atoms with E-state index < -0.39 is 0 Å². The molecule has 5 heteroatoms. The third-order valence-corrected chi connectivity index (χ3v) is 3.27. The van der Waals surface area contributed by atoms with Gasteiger partial charge in [-0.2, -0.15) is 0 Å². The van der Waals surface area contributed by atoms with Crippen LogP contribution in [0.25, 0.3) is 21.9 Å². The normalized spacial score (nSPS) is 11.1. The van der Waals surface area contributed by atoms with Crippen LogP contribution in [0.15, 0.2) is 28.1 Å². The summed E-state index contributed by atoms with van der Waals surface area (Å²) >= 11 is 1.52. The van der Waals surface area contributed by atoms with Crippen molar-refractivity contribution in [1.29, 1.82) is 0 Å². The van der Waals surface area contributed by atoms with Gasteiger partial charge >= 0.3 is 0 Å². The minimum atomic E-state index is 0.612. The van der Waals surface area contributed by atoms with Crippen molar-refractivity contribution in [2.24, 2.45) is 0 Å². The fourth-order valence-corrected chi connectivity index (χ4v) is 2.28. The summed E-state index contributed by atoms with van der Waals surface area (Å²) in [5.74, 6) is 0.612. The molecular weight excluding hydrogens is 222 g/mol. The van der Waals surface area contributed by atoms with E-state index in [1.165, 1.54) is 11.3 Å². The molecule has 3 aromatic rings. The Labute approximate surface area is 95.7 Å². The molecule has 1 aromatic carbocycles. The van der Waals surface area contributed by atoms with Crippen molar-refractivity contribution in [3.8, 4) is 10.8 Å². The number of nitrogen functional groups attached to an aromatic ring is 1. The van der Waals surface area contributed by atoms with Crippen LogP contribution in [0.1, 0.15) is 5.69 Å². The van der Waals surface area contributed by atoms with Crippen molar-refractivity contribution >= 4 is 28.1 Å². The monoisotopic (exact) mass is 231 g/mol. The van der Waals surface area contributed by atoms with E-state index in [1.54, 1.807) is 17.6 Å². The van der Waals surface area contributed by atoms with Gasteiger partial charge in [-0.25, -0.2) is 9.97 Å².